The predicted octanol–water partition coefficient (Wildman–Crippen LogP) is 4.00. The van der Waals surface area contributed by atoms with E-state index in [9.17, 15) is 18.0 Å². The minimum Gasteiger partial charge on any atom is -0.534 e. The Morgan fingerprint density at radius 2 is 1.27 bits per heavy atom. The fourth-order valence-electron chi connectivity index (χ4n) is 4.06. The van der Waals surface area contributed by atoms with Gasteiger partial charge in [0.05, 0.1) is 13.2 Å². The monoisotopic (exact) mass is 586 g/mol. The molecule has 0 unspecified atom stereocenters. The number of hydrogen-bond acceptors (Lipinski definition) is 6. The molecule has 2 N–H and O–H groups in total. The van der Waals surface area contributed by atoms with Crippen molar-refractivity contribution in [3.63, 3.8) is 0 Å². The Morgan fingerprint density at radius 1 is 0.850 bits per heavy atom. The summed E-state index contributed by atoms with van der Waals surface area (Å²) in [4.78, 5) is 25.8. The molecule has 3 aromatic rings. The first kappa shape index (κ1) is 31.0. The van der Waals surface area contributed by atoms with Crippen LogP contribution < -0.4 is 26.1 Å². The van der Waals surface area contributed by atoms with Crippen molar-refractivity contribution in [1.82, 2.24) is 14.9 Å². The Balaban J connectivity index is 0.000000415. The Labute approximate surface area is 236 Å². The molecule has 3 aromatic carbocycles. The number of hydrogen-bond donors (Lipinski definition) is 2. The first-order chi connectivity index (χ1) is 19.1. The van der Waals surface area contributed by atoms with Crippen molar-refractivity contribution < 1.29 is 27.5 Å². The summed E-state index contributed by atoms with van der Waals surface area (Å²) < 4.78 is 38.7. The van der Waals surface area contributed by atoms with Crippen LogP contribution in [0.3, 0.4) is 0 Å². The van der Waals surface area contributed by atoms with E-state index in [4.69, 9.17) is 9.47 Å². The van der Waals surface area contributed by atoms with Gasteiger partial charge in [-0.3, -0.25) is 0 Å². The minimum atomic E-state index is -3.28. The van der Waals surface area contributed by atoms with Gasteiger partial charge in [0.2, 0.25) is 7.41 Å². The molecule has 0 spiro atoms. The van der Waals surface area contributed by atoms with E-state index in [0.717, 1.165) is 15.9 Å². The third kappa shape index (κ3) is 7.57. The summed E-state index contributed by atoms with van der Waals surface area (Å²) in [6.07, 6.45) is -1.37. The molecule has 2 amide bonds. The Morgan fingerprint density at radius 3 is 1.57 bits per heavy atom. The second-order valence-electron chi connectivity index (χ2n) is 9.23. The molecule has 214 valence electrons. The van der Waals surface area contributed by atoms with E-state index in [0.29, 0.717) is 6.54 Å². The number of rotatable bonds is 6. The van der Waals surface area contributed by atoms with Gasteiger partial charge in [0.15, 0.2) is 0 Å². The summed E-state index contributed by atoms with van der Waals surface area (Å²) in [5.74, 6) is 0. The molecule has 1 aliphatic rings. The Hall–Kier alpha value is -3.50. The third-order valence-corrected chi connectivity index (χ3v) is 10.9. The molecular formula is C28H35N4O6PS. The van der Waals surface area contributed by atoms with Gasteiger partial charge in [-0.05, 0) is 64.1 Å². The van der Waals surface area contributed by atoms with E-state index >= 15 is 0 Å². The van der Waals surface area contributed by atoms with Crippen LogP contribution in [0.25, 0.3) is 4.72 Å². The highest BCUT2D eigenvalue weighted by Gasteiger charge is 2.56. The molecule has 1 fully saturated rings. The van der Waals surface area contributed by atoms with Gasteiger partial charge in [-0.15, -0.1) is 6.54 Å². The molecule has 40 heavy (non-hydrogen) atoms. The standard InChI is InChI=1S/C24H25N2O4P.C4H9N2O2S/c1-3-29-23(27)25-26(24(28)30-4-2)31(20-14-8-5-9-15-20,21-16-10-6-11-17-21)22-18-12-7-13-19-22;1-4(2)3-5-9(7,8)6-4/h5-19H,3-4H2,1-2H3;6H,3H2,1-2H3/q;-1/p+1. The number of carbonyl (C=O) groups excluding carboxylic acids is 2. The Kier molecular flexibility index (Phi) is 10.6. The Bertz CT molecular complexity index is 1260. The summed E-state index contributed by atoms with van der Waals surface area (Å²) in [6.45, 7) is 7.71. The summed E-state index contributed by atoms with van der Waals surface area (Å²) in [7, 11) is -6.16. The third-order valence-electron chi connectivity index (χ3n) is 5.64. The highest BCUT2D eigenvalue weighted by molar-refractivity contribution is 7.94. The van der Waals surface area contributed by atoms with Crippen molar-refractivity contribution in [2.45, 2.75) is 33.2 Å². The van der Waals surface area contributed by atoms with Crippen LogP contribution in [0.5, 0.6) is 0 Å². The maximum absolute atomic E-state index is 13.3. The molecule has 1 heterocycles. The maximum Gasteiger partial charge on any atom is 0.462 e. The number of hydrazine groups is 1. The predicted molar refractivity (Wildman–Crippen MR) is 159 cm³/mol. The lowest BCUT2D eigenvalue weighted by molar-refractivity contribution is 0.104. The van der Waals surface area contributed by atoms with Crippen molar-refractivity contribution >= 4 is 45.7 Å². The van der Waals surface area contributed by atoms with Crippen molar-refractivity contribution in [2.75, 3.05) is 19.8 Å². The van der Waals surface area contributed by atoms with Gasteiger partial charge in [0, 0.05) is 5.54 Å². The van der Waals surface area contributed by atoms with Crippen LogP contribution in [-0.2, 0) is 19.7 Å². The van der Waals surface area contributed by atoms with Crippen molar-refractivity contribution in [3.8, 4) is 0 Å². The number of nitrogens with one attached hydrogen (secondary N) is 2. The normalized spacial score (nSPS) is 15.2. The van der Waals surface area contributed by atoms with Crippen LogP contribution in [-0.4, -0.2) is 50.7 Å². The lowest BCUT2D eigenvalue weighted by Crippen LogP contribution is -2.54. The SMILES string of the molecule is CC1(C)C[N-]S(=O)(=O)N1.CCOC(=O)NN(C(=O)OCC)[P+](c1ccccc1)(c1ccccc1)c1ccccc1. The van der Waals surface area contributed by atoms with E-state index in [2.05, 4.69) is 14.9 Å². The van der Waals surface area contributed by atoms with Gasteiger partial charge in [-0.25, -0.2) is 22.7 Å². The van der Waals surface area contributed by atoms with Crippen LogP contribution in [0.2, 0.25) is 0 Å². The zero-order valence-corrected chi connectivity index (χ0v) is 24.7. The number of benzene rings is 3. The largest absolute Gasteiger partial charge is 0.534 e. The maximum atomic E-state index is 13.3. The van der Waals surface area contributed by atoms with Crippen LogP contribution in [0.15, 0.2) is 91.0 Å². The van der Waals surface area contributed by atoms with E-state index in [1.54, 1.807) is 27.7 Å². The second kappa shape index (κ2) is 13.7. The average Bonchev–Trinajstić information content (AvgIpc) is 3.21. The molecular weight excluding hydrogens is 551 g/mol. The molecule has 12 heteroatoms. The fourth-order valence-corrected chi connectivity index (χ4v) is 9.31. The van der Waals surface area contributed by atoms with Gasteiger partial charge < -0.3 is 14.2 Å². The zero-order chi connectivity index (χ0) is 29.2. The molecule has 10 nitrogen and oxygen atoms in total. The average molecular weight is 587 g/mol. The van der Waals surface area contributed by atoms with Gasteiger partial charge >= 0.3 is 12.2 Å². The molecule has 0 radical (unpaired) electrons. The van der Waals surface area contributed by atoms with Crippen molar-refractivity contribution in [3.05, 3.63) is 95.7 Å². The summed E-state index contributed by atoms with van der Waals surface area (Å²) in [5, 5.41) is 2.66. The molecule has 1 aliphatic heterocycles. The first-order valence-corrected chi connectivity index (χ1v) is 15.9. The molecule has 0 bridgehead atoms. The van der Waals surface area contributed by atoms with Gasteiger partial charge in [-0.1, -0.05) is 59.4 Å². The molecule has 4 rings (SSSR count). The van der Waals surface area contributed by atoms with Gasteiger partial charge in [-0.2, -0.15) is 5.43 Å². The van der Waals surface area contributed by atoms with Crippen LogP contribution >= 0.6 is 7.41 Å². The molecule has 0 aliphatic carbocycles. The smallest absolute Gasteiger partial charge is 0.462 e. The summed E-state index contributed by atoms with van der Waals surface area (Å²) >= 11 is 0. The minimum absolute atomic E-state index is 0.165. The molecule has 0 saturated carbocycles. The zero-order valence-electron chi connectivity index (χ0n) is 23.0. The number of nitrogens with zero attached hydrogens (tertiary/aromatic N) is 2. The van der Waals surface area contributed by atoms with Crippen LogP contribution in [0.1, 0.15) is 27.7 Å². The van der Waals surface area contributed by atoms with E-state index in [1.807, 2.05) is 91.0 Å². The van der Waals surface area contributed by atoms with Crippen LogP contribution in [0, 0.1) is 0 Å². The van der Waals surface area contributed by atoms with E-state index in [1.165, 1.54) is 4.78 Å². The van der Waals surface area contributed by atoms with Crippen molar-refractivity contribution in [1.29, 1.82) is 0 Å². The lowest BCUT2D eigenvalue weighted by atomic mass is 10.1. The van der Waals surface area contributed by atoms with E-state index < -0.39 is 29.8 Å². The highest BCUT2D eigenvalue weighted by Crippen LogP contribution is 2.58. The molecule has 1 saturated heterocycles. The second-order valence-corrected chi connectivity index (χ2v) is 13.9. The summed E-state index contributed by atoms with van der Waals surface area (Å²) in [6, 6.07) is 29.1. The molecule has 0 aromatic heterocycles. The first-order valence-electron chi connectivity index (χ1n) is 12.7. The van der Waals surface area contributed by atoms with E-state index in [-0.39, 0.29) is 18.8 Å². The quantitative estimate of drug-likeness (QED) is 0.332. The summed E-state index contributed by atoms with van der Waals surface area (Å²) in [5.41, 5.74) is 2.31. The topological polar surface area (TPSA) is 128 Å². The van der Waals surface area contributed by atoms with Crippen molar-refractivity contribution in [2.24, 2.45) is 0 Å². The number of carbonyl (C=O) groups is 2. The fraction of sp³-hybridized carbons (Fsp3) is 0.286. The number of amides is 2. The molecule has 0 atom stereocenters. The van der Waals surface area contributed by atoms with Crippen LogP contribution in [0.4, 0.5) is 9.59 Å². The number of ether oxygens (including phenoxy) is 2. The van der Waals surface area contributed by atoms with Gasteiger partial charge in [0.25, 0.3) is 0 Å². The van der Waals surface area contributed by atoms with Gasteiger partial charge in [0.1, 0.15) is 26.1 Å². The highest BCUT2D eigenvalue weighted by atomic mass is 32.2. The lowest BCUT2D eigenvalue weighted by Gasteiger charge is -2.34.